The second-order valence-electron chi connectivity index (χ2n) is 5.99. The van der Waals surface area contributed by atoms with E-state index < -0.39 is 27.4 Å². The van der Waals surface area contributed by atoms with Gasteiger partial charge in [0, 0.05) is 32.8 Å². The summed E-state index contributed by atoms with van der Waals surface area (Å²) in [5, 5.41) is 15.5. The number of aromatic nitrogens is 2. The Hall–Kier alpha value is -1.94. The highest BCUT2D eigenvalue weighted by Gasteiger charge is 2.56. The normalized spacial score (nSPS) is 25.2. The van der Waals surface area contributed by atoms with E-state index in [0.717, 1.165) is 0 Å². The zero-order chi connectivity index (χ0) is 16.8. The molecule has 9 nitrogen and oxygen atoms in total. The van der Waals surface area contributed by atoms with Gasteiger partial charge in [-0.05, 0) is 12.8 Å². The molecule has 1 unspecified atom stereocenters. The molecule has 2 fully saturated rings. The first-order valence-corrected chi connectivity index (χ1v) is 8.71. The molecule has 10 heteroatoms. The van der Waals surface area contributed by atoms with Crippen molar-refractivity contribution in [2.45, 2.75) is 29.7 Å². The quantitative estimate of drug-likeness (QED) is 0.763. The lowest BCUT2D eigenvalue weighted by Gasteiger charge is -2.44. The number of sulfonamides is 1. The van der Waals surface area contributed by atoms with Gasteiger partial charge in [0.2, 0.25) is 15.9 Å². The third-order valence-electron chi connectivity index (χ3n) is 5.07. The van der Waals surface area contributed by atoms with Crippen LogP contribution in [-0.4, -0.2) is 70.5 Å². The molecule has 1 aromatic heterocycles. The topological polar surface area (TPSA) is 124 Å². The number of rotatable bonds is 3. The van der Waals surface area contributed by atoms with E-state index >= 15 is 0 Å². The largest absolute Gasteiger partial charge is 0.481 e. The molecule has 3 heterocycles. The predicted octanol–water partition coefficient (Wildman–Crippen LogP) is -0.504. The molecule has 3 rings (SSSR count). The summed E-state index contributed by atoms with van der Waals surface area (Å²) in [7, 11) is -2.04. The minimum Gasteiger partial charge on any atom is -0.481 e. The van der Waals surface area contributed by atoms with Gasteiger partial charge in [0.25, 0.3) is 0 Å². The SMILES string of the molecule is CN1C(=O)CC(C(=O)O)C12CCN(S(=O)(=O)c1cn[nH]c1)CC2. The summed E-state index contributed by atoms with van der Waals surface area (Å²) in [5.41, 5.74) is -0.800. The van der Waals surface area contributed by atoms with Gasteiger partial charge in [-0.15, -0.1) is 0 Å². The van der Waals surface area contributed by atoms with Crippen LogP contribution in [0.3, 0.4) is 0 Å². The van der Waals surface area contributed by atoms with E-state index in [1.54, 1.807) is 7.05 Å². The van der Waals surface area contributed by atoms with Crippen LogP contribution in [0.4, 0.5) is 0 Å². The molecule has 0 aliphatic carbocycles. The van der Waals surface area contributed by atoms with Crippen molar-refractivity contribution in [3.05, 3.63) is 12.4 Å². The van der Waals surface area contributed by atoms with Gasteiger partial charge in [-0.3, -0.25) is 14.7 Å². The van der Waals surface area contributed by atoms with Crippen LogP contribution in [0, 0.1) is 5.92 Å². The molecule has 0 bridgehead atoms. The Morgan fingerprint density at radius 2 is 2.09 bits per heavy atom. The standard InChI is InChI=1S/C13H18N4O5S/c1-16-11(18)6-10(12(19)20)13(16)2-4-17(5-3-13)23(21,22)9-7-14-15-8-9/h7-8,10H,2-6H2,1H3,(H,14,15)(H,19,20). The van der Waals surface area contributed by atoms with Crippen LogP contribution in [0.15, 0.2) is 17.3 Å². The predicted molar refractivity (Wildman–Crippen MR) is 77.8 cm³/mol. The lowest BCUT2D eigenvalue weighted by atomic mass is 9.77. The van der Waals surface area contributed by atoms with Crippen LogP contribution in [0.5, 0.6) is 0 Å². The fraction of sp³-hybridized carbons (Fsp3) is 0.615. The van der Waals surface area contributed by atoms with Crippen LogP contribution < -0.4 is 0 Å². The number of likely N-dealkylation sites (tertiary alicyclic amines) is 1. The Kier molecular flexibility index (Phi) is 3.68. The van der Waals surface area contributed by atoms with Gasteiger partial charge in [0.1, 0.15) is 4.90 Å². The van der Waals surface area contributed by atoms with Gasteiger partial charge < -0.3 is 10.0 Å². The maximum absolute atomic E-state index is 12.5. The number of carbonyl (C=O) groups excluding carboxylic acids is 1. The van der Waals surface area contributed by atoms with Gasteiger partial charge in [-0.2, -0.15) is 9.40 Å². The molecule has 1 aromatic rings. The van der Waals surface area contributed by atoms with Gasteiger partial charge in [-0.1, -0.05) is 0 Å². The molecule has 0 aromatic carbocycles. The average molecular weight is 342 g/mol. The molecule has 0 saturated carbocycles. The number of piperidine rings is 1. The van der Waals surface area contributed by atoms with E-state index in [1.807, 2.05) is 0 Å². The molecular weight excluding hydrogens is 324 g/mol. The second-order valence-corrected chi connectivity index (χ2v) is 7.93. The van der Waals surface area contributed by atoms with E-state index in [4.69, 9.17) is 0 Å². The number of carboxylic acid groups (broad SMARTS) is 1. The summed E-state index contributed by atoms with van der Waals surface area (Å²) in [6.45, 7) is 0.351. The zero-order valence-corrected chi connectivity index (χ0v) is 13.4. The van der Waals surface area contributed by atoms with Crippen molar-refractivity contribution in [3.8, 4) is 0 Å². The molecule has 1 spiro atoms. The summed E-state index contributed by atoms with van der Waals surface area (Å²) in [5.74, 6) is -2.00. The van der Waals surface area contributed by atoms with E-state index in [2.05, 4.69) is 10.2 Å². The number of hydrogen-bond acceptors (Lipinski definition) is 5. The van der Waals surface area contributed by atoms with Crippen molar-refractivity contribution in [2.75, 3.05) is 20.1 Å². The van der Waals surface area contributed by atoms with Gasteiger partial charge in [0.05, 0.1) is 17.7 Å². The van der Waals surface area contributed by atoms with Crippen molar-refractivity contribution >= 4 is 21.9 Å². The summed E-state index contributed by atoms with van der Waals surface area (Å²) in [4.78, 5) is 25.0. The number of hydrogen-bond donors (Lipinski definition) is 2. The maximum atomic E-state index is 12.5. The molecule has 126 valence electrons. The fourth-order valence-corrected chi connectivity index (χ4v) is 4.98. The van der Waals surface area contributed by atoms with Crippen LogP contribution in [0.25, 0.3) is 0 Å². The van der Waals surface area contributed by atoms with Crippen molar-refractivity contribution in [1.82, 2.24) is 19.4 Å². The highest BCUT2D eigenvalue weighted by Crippen LogP contribution is 2.43. The number of carboxylic acids is 1. The summed E-state index contributed by atoms with van der Waals surface area (Å²) in [6, 6.07) is 0. The van der Waals surface area contributed by atoms with Gasteiger partial charge >= 0.3 is 5.97 Å². The number of carbonyl (C=O) groups is 2. The van der Waals surface area contributed by atoms with Crippen LogP contribution >= 0.6 is 0 Å². The van der Waals surface area contributed by atoms with Gasteiger partial charge in [-0.25, -0.2) is 8.42 Å². The lowest BCUT2D eigenvalue weighted by molar-refractivity contribution is -0.145. The van der Waals surface area contributed by atoms with E-state index in [1.165, 1.54) is 21.6 Å². The fourth-order valence-electron chi connectivity index (χ4n) is 3.63. The molecule has 0 radical (unpaired) electrons. The Bertz CT molecular complexity index is 722. The molecule has 2 saturated heterocycles. The molecule has 2 aliphatic heterocycles. The number of aromatic amines is 1. The van der Waals surface area contributed by atoms with Crippen molar-refractivity contribution in [2.24, 2.45) is 5.92 Å². The van der Waals surface area contributed by atoms with Crippen molar-refractivity contribution in [3.63, 3.8) is 0 Å². The summed E-state index contributed by atoms with van der Waals surface area (Å²) >= 11 is 0. The first-order chi connectivity index (χ1) is 10.8. The van der Waals surface area contributed by atoms with E-state index in [-0.39, 0.29) is 30.3 Å². The molecule has 1 amide bonds. The Balaban J connectivity index is 1.83. The second kappa shape index (κ2) is 5.31. The third kappa shape index (κ3) is 2.32. The highest BCUT2D eigenvalue weighted by molar-refractivity contribution is 7.89. The number of aliphatic carboxylic acids is 1. The molecular formula is C13H18N4O5S. The Morgan fingerprint density at radius 3 is 2.61 bits per heavy atom. The number of nitrogens with zero attached hydrogens (tertiary/aromatic N) is 3. The zero-order valence-electron chi connectivity index (χ0n) is 12.6. The van der Waals surface area contributed by atoms with Gasteiger partial charge in [0.15, 0.2) is 0 Å². The first kappa shape index (κ1) is 15.9. The number of H-pyrrole nitrogens is 1. The lowest BCUT2D eigenvalue weighted by Crippen LogP contribution is -2.56. The highest BCUT2D eigenvalue weighted by atomic mass is 32.2. The molecule has 1 atom stereocenters. The number of nitrogens with one attached hydrogen (secondary N) is 1. The van der Waals surface area contributed by atoms with Crippen molar-refractivity contribution in [1.29, 1.82) is 0 Å². The monoisotopic (exact) mass is 342 g/mol. The molecule has 2 aliphatic rings. The third-order valence-corrected chi connectivity index (χ3v) is 6.93. The molecule has 2 N–H and O–H groups in total. The van der Waals surface area contributed by atoms with Crippen molar-refractivity contribution < 1.29 is 23.1 Å². The summed E-state index contributed by atoms with van der Waals surface area (Å²) < 4.78 is 26.3. The average Bonchev–Trinajstić information content (AvgIpc) is 3.12. The smallest absolute Gasteiger partial charge is 0.309 e. The molecule has 23 heavy (non-hydrogen) atoms. The minimum absolute atomic E-state index is 0.0275. The number of amides is 1. The van der Waals surface area contributed by atoms with Crippen LogP contribution in [0.1, 0.15) is 19.3 Å². The van der Waals surface area contributed by atoms with E-state index in [0.29, 0.717) is 12.8 Å². The summed E-state index contributed by atoms with van der Waals surface area (Å²) in [6.07, 6.45) is 3.14. The van der Waals surface area contributed by atoms with Crippen LogP contribution in [-0.2, 0) is 19.6 Å². The Morgan fingerprint density at radius 1 is 1.43 bits per heavy atom. The first-order valence-electron chi connectivity index (χ1n) is 7.27. The Labute approximate surface area is 133 Å². The minimum atomic E-state index is -3.64. The van der Waals surface area contributed by atoms with E-state index in [9.17, 15) is 23.1 Å². The van der Waals surface area contributed by atoms with Crippen LogP contribution in [0.2, 0.25) is 0 Å². The maximum Gasteiger partial charge on any atom is 0.309 e.